The van der Waals surface area contributed by atoms with Gasteiger partial charge < -0.3 is 20.8 Å². The van der Waals surface area contributed by atoms with Gasteiger partial charge in [-0.3, -0.25) is 4.18 Å². The Bertz CT molecular complexity index is 883. The Morgan fingerprint density at radius 3 is 2.64 bits per heavy atom. The Morgan fingerprint density at radius 1 is 1.18 bits per heavy atom. The van der Waals surface area contributed by atoms with Crippen molar-refractivity contribution in [2.75, 3.05) is 17.2 Å². The Labute approximate surface area is 163 Å². The molecule has 0 radical (unpaired) electrons. The molecular formula is C17H23N5O5S. The van der Waals surface area contributed by atoms with Crippen molar-refractivity contribution in [1.29, 1.82) is 0 Å². The highest BCUT2D eigenvalue weighted by atomic mass is 32.2. The first-order valence-corrected chi connectivity index (χ1v) is 10.2. The summed E-state index contributed by atoms with van der Waals surface area (Å²) in [6.45, 7) is 0.255. The third-order valence-electron chi connectivity index (χ3n) is 4.53. The van der Waals surface area contributed by atoms with Crippen molar-refractivity contribution in [3.8, 4) is 0 Å². The van der Waals surface area contributed by atoms with Crippen molar-refractivity contribution in [2.45, 2.75) is 31.2 Å². The van der Waals surface area contributed by atoms with Crippen LogP contribution in [0.2, 0.25) is 0 Å². The molecule has 0 spiro atoms. The van der Waals surface area contributed by atoms with Crippen molar-refractivity contribution in [1.82, 2.24) is 9.97 Å². The standard InChI is InChI=1S/C17H23N5O5S/c18-28(25,26)27-10-12-8-13(16(24)15(12)23)21-14-6-7-19-17(22-14)20-9-11-4-2-1-3-5-11/h1-7,12-13,15-16,23-24H,8-10H2,(H2,18,25,26)(H2,19,20,21,22)/t12-,13-,15-,16+/m1/s1. The zero-order valence-electron chi connectivity index (χ0n) is 15.0. The van der Waals surface area contributed by atoms with Gasteiger partial charge in [-0.1, -0.05) is 30.3 Å². The van der Waals surface area contributed by atoms with Crippen LogP contribution in [0.4, 0.5) is 11.8 Å². The van der Waals surface area contributed by atoms with Crippen molar-refractivity contribution in [2.24, 2.45) is 11.1 Å². The zero-order valence-corrected chi connectivity index (χ0v) is 15.8. The first-order chi connectivity index (χ1) is 13.3. The van der Waals surface area contributed by atoms with E-state index in [9.17, 15) is 18.6 Å². The minimum absolute atomic E-state index is 0.286. The molecule has 2 aromatic rings. The lowest BCUT2D eigenvalue weighted by molar-refractivity contribution is 0.00778. The summed E-state index contributed by atoms with van der Waals surface area (Å²) >= 11 is 0. The molecule has 11 heteroatoms. The van der Waals surface area contributed by atoms with Gasteiger partial charge in [-0.15, -0.1) is 0 Å². The zero-order chi connectivity index (χ0) is 20.1. The summed E-state index contributed by atoms with van der Waals surface area (Å²) in [7, 11) is -4.11. The van der Waals surface area contributed by atoms with Crippen LogP contribution in [0.5, 0.6) is 0 Å². The first kappa shape index (κ1) is 20.4. The predicted octanol–water partition coefficient (Wildman–Crippen LogP) is -0.169. The highest BCUT2D eigenvalue weighted by Crippen LogP contribution is 2.29. The molecule has 1 fully saturated rings. The summed E-state index contributed by atoms with van der Waals surface area (Å²) in [4.78, 5) is 8.51. The molecule has 0 bridgehead atoms. The molecular weight excluding hydrogens is 386 g/mol. The summed E-state index contributed by atoms with van der Waals surface area (Å²) in [6.07, 6.45) is -0.391. The third kappa shape index (κ3) is 5.59. The largest absolute Gasteiger partial charge is 0.390 e. The molecule has 1 heterocycles. The number of nitrogens with zero attached hydrogens (tertiary/aromatic N) is 2. The number of rotatable bonds is 8. The van der Waals surface area contributed by atoms with Gasteiger partial charge in [0.05, 0.1) is 18.8 Å². The molecule has 0 saturated heterocycles. The second-order valence-corrected chi connectivity index (χ2v) is 7.83. The number of anilines is 2. The van der Waals surface area contributed by atoms with Gasteiger partial charge in [-0.2, -0.15) is 13.4 Å². The maximum Gasteiger partial charge on any atom is 0.333 e. The van der Waals surface area contributed by atoms with Crippen molar-refractivity contribution < 1.29 is 22.8 Å². The molecule has 1 saturated carbocycles. The number of aliphatic hydroxyl groups excluding tert-OH is 2. The number of aromatic nitrogens is 2. The van der Waals surface area contributed by atoms with E-state index in [2.05, 4.69) is 24.8 Å². The van der Waals surface area contributed by atoms with Crippen LogP contribution < -0.4 is 15.8 Å². The summed E-state index contributed by atoms with van der Waals surface area (Å²) in [5.74, 6) is 0.300. The Morgan fingerprint density at radius 2 is 1.93 bits per heavy atom. The molecule has 6 N–H and O–H groups in total. The van der Waals surface area contributed by atoms with Crippen LogP contribution in [-0.4, -0.2) is 53.5 Å². The van der Waals surface area contributed by atoms with E-state index >= 15 is 0 Å². The van der Waals surface area contributed by atoms with Gasteiger partial charge in [-0.05, 0) is 18.1 Å². The minimum Gasteiger partial charge on any atom is -0.390 e. The number of nitrogens with one attached hydrogen (secondary N) is 2. The van der Waals surface area contributed by atoms with E-state index in [-0.39, 0.29) is 13.0 Å². The number of aliphatic hydroxyl groups is 2. The van der Waals surface area contributed by atoms with Crippen LogP contribution >= 0.6 is 0 Å². The maximum atomic E-state index is 10.9. The molecule has 1 aromatic carbocycles. The quantitative estimate of drug-likeness (QED) is 0.399. The van der Waals surface area contributed by atoms with Gasteiger partial charge >= 0.3 is 10.3 Å². The fraction of sp³-hybridized carbons (Fsp3) is 0.412. The molecule has 0 unspecified atom stereocenters. The molecule has 4 atom stereocenters. The lowest BCUT2D eigenvalue weighted by atomic mass is 10.1. The average molecular weight is 409 g/mol. The van der Waals surface area contributed by atoms with Crippen molar-refractivity contribution >= 4 is 22.1 Å². The maximum absolute atomic E-state index is 10.9. The number of benzene rings is 1. The van der Waals surface area contributed by atoms with E-state index < -0.39 is 34.5 Å². The molecule has 1 aliphatic carbocycles. The van der Waals surface area contributed by atoms with Gasteiger partial charge in [0.1, 0.15) is 11.9 Å². The molecule has 28 heavy (non-hydrogen) atoms. The smallest absolute Gasteiger partial charge is 0.333 e. The van der Waals surface area contributed by atoms with Gasteiger partial charge in [0.25, 0.3) is 0 Å². The van der Waals surface area contributed by atoms with E-state index in [0.717, 1.165) is 5.56 Å². The molecule has 10 nitrogen and oxygen atoms in total. The number of nitrogens with two attached hydrogens (primary N) is 1. The van der Waals surface area contributed by atoms with Gasteiger partial charge in [0.2, 0.25) is 5.95 Å². The normalized spacial score (nSPS) is 24.8. The third-order valence-corrected chi connectivity index (χ3v) is 5.00. The van der Waals surface area contributed by atoms with Crippen LogP contribution in [-0.2, 0) is 21.0 Å². The van der Waals surface area contributed by atoms with E-state index in [1.54, 1.807) is 12.3 Å². The Balaban J connectivity index is 1.58. The monoisotopic (exact) mass is 409 g/mol. The summed E-state index contributed by atoms with van der Waals surface area (Å²) < 4.78 is 26.4. The summed E-state index contributed by atoms with van der Waals surface area (Å²) in [5.41, 5.74) is 1.08. The molecule has 0 aliphatic heterocycles. The van der Waals surface area contributed by atoms with Gasteiger partial charge in [0, 0.05) is 18.7 Å². The van der Waals surface area contributed by atoms with Crippen molar-refractivity contribution in [3.05, 3.63) is 48.2 Å². The van der Waals surface area contributed by atoms with Crippen molar-refractivity contribution in [3.63, 3.8) is 0 Å². The first-order valence-electron chi connectivity index (χ1n) is 8.72. The van der Waals surface area contributed by atoms with E-state index in [1.807, 2.05) is 30.3 Å². The number of hydrogen-bond donors (Lipinski definition) is 5. The van der Waals surface area contributed by atoms with Crippen LogP contribution in [0.15, 0.2) is 42.6 Å². The topological polar surface area (TPSA) is 160 Å². The Hall–Kier alpha value is -2.31. The van der Waals surface area contributed by atoms with Crippen LogP contribution in [0.25, 0.3) is 0 Å². The molecule has 1 aliphatic rings. The highest BCUT2D eigenvalue weighted by Gasteiger charge is 2.42. The van der Waals surface area contributed by atoms with Crippen LogP contribution in [0, 0.1) is 5.92 Å². The molecule has 0 amide bonds. The number of hydrogen-bond acceptors (Lipinski definition) is 9. The summed E-state index contributed by atoms with van der Waals surface area (Å²) in [6, 6.07) is 10.9. The second-order valence-electron chi connectivity index (χ2n) is 6.61. The molecule has 3 rings (SSSR count). The lowest BCUT2D eigenvalue weighted by Crippen LogP contribution is -2.36. The lowest BCUT2D eigenvalue weighted by Gasteiger charge is -2.18. The van der Waals surface area contributed by atoms with E-state index in [0.29, 0.717) is 18.3 Å². The second kappa shape index (κ2) is 8.80. The Kier molecular flexibility index (Phi) is 6.42. The fourth-order valence-corrected chi connectivity index (χ4v) is 3.47. The molecule has 152 valence electrons. The fourth-order valence-electron chi connectivity index (χ4n) is 3.11. The molecule has 1 aromatic heterocycles. The summed E-state index contributed by atoms with van der Waals surface area (Å²) in [5, 5.41) is 31.3. The minimum atomic E-state index is -4.11. The van der Waals surface area contributed by atoms with Gasteiger partial charge in [-0.25, -0.2) is 10.1 Å². The van der Waals surface area contributed by atoms with E-state index in [4.69, 9.17) is 5.14 Å². The highest BCUT2D eigenvalue weighted by molar-refractivity contribution is 7.84. The van der Waals surface area contributed by atoms with E-state index in [1.165, 1.54) is 0 Å². The SMILES string of the molecule is NS(=O)(=O)OC[C@H]1C[C@@H](Nc2ccnc(NCc3ccccc3)n2)[C@H](O)[C@@H]1O. The van der Waals surface area contributed by atoms with Crippen LogP contribution in [0.1, 0.15) is 12.0 Å². The van der Waals surface area contributed by atoms with Crippen LogP contribution in [0.3, 0.4) is 0 Å². The predicted molar refractivity (Wildman–Crippen MR) is 102 cm³/mol. The van der Waals surface area contributed by atoms with Gasteiger partial charge in [0.15, 0.2) is 0 Å². The average Bonchev–Trinajstić information content (AvgIpc) is 2.93.